The number of nitrogens with one attached hydrogen (secondary N) is 1. The normalized spacial score (nSPS) is 27.1. The highest BCUT2D eigenvalue weighted by atomic mass is 16.1. The molecule has 2 heterocycles. The first-order valence-corrected chi connectivity index (χ1v) is 9.65. The highest BCUT2D eigenvalue weighted by Gasteiger charge is 2.53. The Morgan fingerprint density at radius 2 is 1.96 bits per heavy atom. The molecule has 0 aliphatic heterocycles. The summed E-state index contributed by atoms with van der Waals surface area (Å²) in [6.45, 7) is 2.11. The largest absolute Gasteiger partial charge is 0.299 e. The van der Waals surface area contributed by atoms with Crippen LogP contribution in [0.15, 0.2) is 48.8 Å². The average molecular weight is 358 g/mol. The van der Waals surface area contributed by atoms with Crippen molar-refractivity contribution in [2.45, 2.75) is 38.0 Å². The fraction of sp³-hybridized carbons (Fsp3) is 0.364. The molecule has 2 aliphatic rings. The van der Waals surface area contributed by atoms with Gasteiger partial charge in [0.15, 0.2) is 0 Å². The predicted octanol–water partition coefficient (Wildman–Crippen LogP) is 3.71. The number of hydrogen-bond donors (Lipinski definition) is 1. The van der Waals surface area contributed by atoms with Crippen LogP contribution >= 0.6 is 0 Å². The molecule has 2 aliphatic carbocycles. The molecular weight excluding hydrogens is 336 g/mol. The van der Waals surface area contributed by atoms with Crippen molar-refractivity contribution in [1.82, 2.24) is 20.4 Å². The number of benzene rings is 1. The van der Waals surface area contributed by atoms with Crippen LogP contribution in [0.2, 0.25) is 0 Å². The summed E-state index contributed by atoms with van der Waals surface area (Å²) in [6, 6.07) is 12.6. The van der Waals surface area contributed by atoms with Crippen LogP contribution < -0.4 is 0 Å². The van der Waals surface area contributed by atoms with Gasteiger partial charge in [0.05, 0.1) is 23.8 Å². The maximum Gasteiger partial charge on any atom is 0.136 e. The van der Waals surface area contributed by atoms with E-state index in [1.807, 2.05) is 6.07 Å². The maximum atomic E-state index is 12.5. The zero-order valence-electron chi connectivity index (χ0n) is 15.4. The molecular formula is C22H22N4O. The molecule has 0 spiro atoms. The summed E-state index contributed by atoms with van der Waals surface area (Å²) < 4.78 is 0. The third-order valence-electron chi connectivity index (χ3n) is 6.67. The number of nitrogens with zero attached hydrogens (tertiary/aromatic N) is 3. The van der Waals surface area contributed by atoms with E-state index in [1.165, 1.54) is 11.1 Å². The lowest BCUT2D eigenvalue weighted by atomic mass is 9.53. The van der Waals surface area contributed by atoms with Gasteiger partial charge in [0.2, 0.25) is 0 Å². The van der Waals surface area contributed by atoms with Crippen molar-refractivity contribution in [2.75, 3.05) is 0 Å². The first kappa shape index (κ1) is 16.4. The predicted molar refractivity (Wildman–Crippen MR) is 102 cm³/mol. The number of fused-ring (bicyclic) bond motifs is 3. The smallest absolute Gasteiger partial charge is 0.136 e. The lowest BCUT2D eigenvalue weighted by Gasteiger charge is -2.49. The van der Waals surface area contributed by atoms with Gasteiger partial charge in [0.25, 0.3) is 0 Å². The van der Waals surface area contributed by atoms with E-state index < -0.39 is 0 Å². The Morgan fingerprint density at radius 1 is 1.11 bits per heavy atom. The molecule has 5 nitrogen and oxygen atoms in total. The Morgan fingerprint density at radius 3 is 2.74 bits per heavy atom. The van der Waals surface area contributed by atoms with Crippen molar-refractivity contribution >= 4 is 5.78 Å². The van der Waals surface area contributed by atoms with Gasteiger partial charge in [-0.25, -0.2) is 0 Å². The molecule has 0 bridgehead atoms. The standard InChI is InChI=1S/C22H22N4O/c1-14-18-8-7-17-20(15-10-12-23-24-13-15)25-26-21(17)22(18,11-9-19(14)27)16-5-3-2-4-6-16/h2-6,10,12-14,18H,7-9,11H2,1H3,(H,25,26)/t14-,18-,22+/m0/s1. The van der Waals surface area contributed by atoms with Crippen molar-refractivity contribution < 1.29 is 4.79 Å². The fourth-order valence-electron chi connectivity index (χ4n) is 5.36. The van der Waals surface area contributed by atoms with E-state index in [9.17, 15) is 4.79 Å². The topological polar surface area (TPSA) is 71.5 Å². The van der Waals surface area contributed by atoms with Crippen molar-refractivity contribution in [3.8, 4) is 11.3 Å². The number of carbonyl (C=O) groups is 1. The van der Waals surface area contributed by atoms with Crippen molar-refractivity contribution in [1.29, 1.82) is 0 Å². The first-order valence-electron chi connectivity index (χ1n) is 9.65. The highest BCUT2D eigenvalue weighted by Crippen LogP contribution is 2.55. The number of aromatic amines is 1. The van der Waals surface area contributed by atoms with Gasteiger partial charge in [-0.3, -0.25) is 9.89 Å². The minimum absolute atomic E-state index is 0.0647. The second kappa shape index (κ2) is 6.12. The van der Waals surface area contributed by atoms with E-state index >= 15 is 0 Å². The monoisotopic (exact) mass is 358 g/mol. The molecule has 27 heavy (non-hydrogen) atoms. The van der Waals surface area contributed by atoms with Crippen LogP contribution in [0.3, 0.4) is 0 Å². The number of Topliss-reactive ketones (excluding diaryl/α,β-unsaturated/α-hetero) is 1. The van der Waals surface area contributed by atoms with Gasteiger partial charge in [-0.2, -0.15) is 15.3 Å². The molecule has 5 heteroatoms. The second-order valence-electron chi connectivity index (χ2n) is 7.79. The fourth-order valence-corrected chi connectivity index (χ4v) is 5.36. The molecule has 0 amide bonds. The molecule has 1 fully saturated rings. The maximum absolute atomic E-state index is 12.5. The van der Waals surface area contributed by atoms with E-state index in [0.717, 1.165) is 36.2 Å². The molecule has 2 aromatic heterocycles. The lowest BCUT2D eigenvalue weighted by Crippen LogP contribution is -2.49. The van der Waals surface area contributed by atoms with Gasteiger partial charge in [-0.15, -0.1) is 0 Å². The molecule has 0 saturated heterocycles. The van der Waals surface area contributed by atoms with Crippen LogP contribution in [0.1, 0.15) is 43.0 Å². The number of ketones is 1. The Labute approximate surface area is 158 Å². The molecule has 0 unspecified atom stereocenters. The zero-order chi connectivity index (χ0) is 18.4. The molecule has 3 atom stereocenters. The first-order chi connectivity index (χ1) is 13.2. The Balaban J connectivity index is 1.73. The Kier molecular flexibility index (Phi) is 3.71. The highest BCUT2D eigenvalue weighted by molar-refractivity contribution is 5.83. The summed E-state index contributed by atoms with van der Waals surface area (Å²) in [5.41, 5.74) is 5.53. The van der Waals surface area contributed by atoms with Gasteiger partial charge in [-0.05, 0) is 36.8 Å². The van der Waals surface area contributed by atoms with Crippen molar-refractivity contribution in [2.24, 2.45) is 11.8 Å². The summed E-state index contributed by atoms with van der Waals surface area (Å²) in [5.74, 6) is 0.749. The quantitative estimate of drug-likeness (QED) is 0.758. The summed E-state index contributed by atoms with van der Waals surface area (Å²) in [4.78, 5) is 12.5. The van der Waals surface area contributed by atoms with Gasteiger partial charge in [-0.1, -0.05) is 37.3 Å². The number of rotatable bonds is 2. The van der Waals surface area contributed by atoms with E-state index in [4.69, 9.17) is 5.10 Å². The van der Waals surface area contributed by atoms with Crippen LogP contribution in [0.5, 0.6) is 0 Å². The van der Waals surface area contributed by atoms with E-state index in [-0.39, 0.29) is 11.3 Å². The van der Waals surface area contributed by atoms with Crippen molar-refractivity contribution in [3.05, 3.63) is 65.6 Å². The zero-order valence-corrected chi connectivity index (χ0v) is 15.4. The molecule has 136 valence electrons. The number of H-pyrrole nitrogens is 1. The summed E-state index contributed by atoms with van der Waals surface area (Å²) in [7, 11) is 0. The molecule has 1 aromatic carbocycles. The van der Waals surface area contributed by atoms with E-state index in [1.54, 1.807) is 12.4 Å². The second-order valence-corrected chi connectivity index (χ2v) is 7.79. The van der Waals surface area contributed by atoms with Crippen LogP contribution in [0, 0.1) is 11.8 Å². The van der Waals surface area contributed by atoms with Crippen LogP contribution in [-0.4, -0.2) is 26.2 Å². The SMILES string of the molecule is C[C@@H]1C(=O)CC[C@]2(c3ccccc3)c3n[nH]c(-c4ccnnc4)c3CC[C@@H]12. The van der Waals surface area contributed by atoms with Crippen LogP contribution in [0.4, 0.5) is 0 Å². The summed E-state index contributed by atoms with van der Waals surface area (Å²) >= 11 is 0. The van der Waals surface area contributed by atoms with Crippen LogP contribution in [-0.2, 0) is 16.6 Å². The van der Waals surface area contributed by atoms with E-state index in [2.05, 4.69) is 52.6 Å². The minimum Gasteiger partial charge on any atom is -0.299 e. The lowest BCUT2D eigenvalue weighted by molar-refractivity contribution is -0.128. The average Bonchev–Trinajstić information content (AvgIpc) is 3.17. The number of carbonyl (C=O) groups excluding carboxylic acids is 1. The molecule has 1 saturated carbocycles. The summed E-state index contributed by atoms with van der Waals surface area (Å²) in [5, 5.41) is 16.0. The molecule has 3 aromatic rings. The summed E-state index contributed by atoms with van der Waals surface area (Å²) in [6.07, 6.45) is 6.87. The number of aromatic nitrogens is 4. The molecule has 5 rings (SSSR count). The minimum atomic E-state index is -0.197. The number of hydrogen-bond acceptors (Lipinski definition) is 4. The Hall–Kier alpha value is -2.82. The molecule has 1 N–H and O–H groups in total. The third-order valence-corrected chi connectivity index (χ3v) is 6.67. The van der Waals surface area contributed by atoms with Gasteiger partial charge in [0, 0.05) is 28.9 Å². The van der Waals surface area contributed by atoms with Crippen molar-refractivity contribution in [3.63, 3.8) is 0 Å². The molecule has 0 radical (unpaired) electrons. The van der Waals surface area contributed by atoms with Crippen LogP contribution in [0.25, 0.3) is 11.3 Å². The van der Waals surface area contributed by atoms with Gasteiger partial charge < -0.3 is 0 Å². The van der Waals surface area contributed by atoms with Gasteiger partial charge >= 0.3 is 0 Å². The van der Waals surface area contributed by atoms with Gasteiger partial charge in [0.1, 0.15) is 5.78 Å². The Bertz CT molecular complexity index is 982. The third kappa shape index (κ3) is 2.30. The van der Waals surface area contributed by atoms with E-state index in [0.29, 0.717) is 18.1 Å².